The van der Waals surface area contributed by atoms with Crippen molar-refractivity contribution >= 4 is 40.4 Å². The molecule has 0 unspecified atom stereocenters. The maximum atomic E-state index is 12.7. The van der Waals surface area contributed by atoms with Crippen LogP contribution in [0.1, 0.15) is 18.9 Å². The summed E-state index contributed by atoms with van der Waals surface area (Å²) in [5.74, 6) is 1.96. The van der Waals surface area contributed by atoms with Gasteiger partial charge in [-0.25, -0.2) is 4.98 Å². The van der Waals surface area contributed by atoms with E-state index in [0.29, 0.717) is 37.0 Å². The number of methoxy groups -OCH3 is 1. The third-order valence-corrected chi connectivity index (χ3v) is 5.37. The highest BCUT2D eigenvalue weighted by atomic mass is 16.5. The molecule has 31 heavy (non-hydrogen) atoms. The van der Waals surface area contributed by atoms with Crippen LogP contribution < -0.4 is 25.6 Å². The van der Waals surface area contributed by atoms with Gasteiger partial charge < -0.3 is 25.6 Å². The van der Waals surface area contributed by atoms with Crippen molar-refractivity contribution in [1.29, 1.82) is 0 Å². The molecule has 0 aliphatic carbocycles. The number of aryl methyl sites for hydroxylation is 1. The molecule has 0 saturated carbocycles. The molecule has 0 bridgehead atoms. The average molecular weight is 419 g/mol. The number of anilines is 6. The number of hydrogen-bond acceptors (Lipinski definition) is 7. The van der Waals surface area contributed by atoms with Crippen molar-refractivity contribution in [1.82, 2.24) is 9.97 Å². The van der Waals surface area contributed by atoms with Gasteiger partial charge in [0.25, 0.3) is 0 Å². The minimum absolute atomic E-state index is 0.0539. The lowest BCUT2D eigenvalue weighted by molar-refractivity contribution is -0.118. The predicted molar refractivity (Wildman–Crippen MR) is 124 cm³/mol. The number of nitrogens with two attached hydrogens (primary N) is 1. The molecule has 1 aromatic heterocycles. The van der Waals surface area contributed by atoms with Crippen molar-refractivity contribution in [2.75, 3.05) is 41.0 Å². The van der Waals surface area contributed by atoms with Gasteiger partial charge in [-0.15, -0.1) is 0 Å². The van der Waals surface area contributed by atoms with Crippen LogP contribution in [0.3, 0.4) is 0 Å². The number of nitrogens with zero attached hydrogens (tertiary/aromatic N) is 4. The number of benzene rings is 2. The summed E-state index contributed by atoms with van der Waals surface area (Å²) in [6, 6.07) is 13.4. The molecule has 8 heteroatoms. The van der Waals surface area contributed by atoms with Crippen LogP contribution in [0, 0.1) is 6.92 Å². The average Bonchev–Trinajstić information content (AvgIpc) is 2.92. The Bertz CT molecular complexity index is 1100. The summed E-state index contributed by atoms with van der Waals surface area (Å²) < 4.78 is 5.28. The summed E-state index contributed by atoms with van der Waals surface area (Å²) in [6.45, 7) is 4.98. The van der Waals surface area contributed by atoms with Crippen LogP contribution in [-0.2, 0) is 4.79 Å². The molecule has 3 aromatic rings. The van der Waals surface area contributed by atoms with Gasteiger partial charge in [0, 0.05) is 36.6 Å². The molecule has 3 N–H and O–H groups in total. The molecular formula is C23H26N6O2. The summed E-state index contributed by atoms with van der Waals surface area (Å²) in [5.41, 5.74) is 10.1. The second-order valence-electron chi connectivity index (χ2n) is 7.34. The molecule has 0 saturated heterocycles. The normalized spacial score (nSPS) is 13.6. The maximum Gasteiger partial charge on any atom is 0.229 e. The van der Waals surface area contributed by atoms with Crippen LogP contribution in [0.25, 0.3) is 0 Å². The number of nitrogens with one attached hydrogen (secondary N) is 1. The summed E-state index contributed by atoms with van der Waals surface area (Å²) in [7, 11) is 1.64. The highest BCUT2D eigenvalue weighted by Gasteiger charge is 2.28. The van der Waals surface area contributed by atoms with E-state index in [-0.39, 0.29) is 5.91 Å². The van der Waals surface area contributed by atoms with Crippen LogP contribution in [0.4, 0.5) is 34.5 Å². The largest absolute Gasteiger partial charge is 0.497 e. The van der Waals surface area contributed by atoms with Crippen molar-refractivity contribution in [3.8, 4) is 5.75 Å². The molecule has 0 atom stereocenters. The van der Waals surface area contributed by atoms with E-state index < -0.39 is 0 Å². The molecule has 0 fully saturated rings. The van der Waals surface area contributed by atoms with Crippen LogP contribution in [0.15, 0.2) is 48.7 Å². The first-order valence-electron chi connectivity index (χ1n) is 10.2. The maximum absolute atomic E-state index is 12.7. The molecular weight excluding hydrogens is 392 g/mol. The van der Waals surface area contributed by atoms with E-state index in [9.17, 15) is 4.79 Å². The molecule has 8 nitrogen and oxygen atoms in total. The third kappa shape index (κ3) is 4.09. The lowest BCUT2D eigenvalue weighted by Crippen LogP contribution is -2.30. The Morgan fingerprint density at radius 2 is 1.97 bits per heavy atom. The number of fused-ring (bicyclic) bond motifs is 1. The second-order valence-corrected chi connectivity index (χ2v) is 7.34. The standard InChI is InChI=1S/C23H26N6O2/c1-4-28-20-14-25-23(26-16-5-10-19(24)15(2)13-16)27-22(20)29(12-11-21(28)30)17-6-8-18(31-3)9-7-17/h5-10,13-14H,4,11-12,24H2,1-3H3,(H,25,26,27). The topological polar surface area (TPSA) is 96.6 Å². The molecule has 1 aliphatic heterocycles. The van der Waals surface area contributed by atoms with E-state index in [4.69, 9.17) is 15.5 Å². The number of ether oxygens (including phenoxy) is 1. The predicted octanol–water partition coefficient (Wildman–Crippen LogP) is 4.01. The van der Waals surface area contributed by atoms with E-state index in [1.807, 2.05) is 61.2 Å². The van der Waals surface area contributed by atoms with E-state index in [0.717, 1.165) is 28.4 Å². The lowest BCUT2D eigenvalue weighted by Gasteiger charge is -2.25. The van der Waals surface area contributed by atoms with Crippen molar-refractivity contribution in [2.45, 2.75) is 20.3 Å². The van der Waals surface area contributed by atoms with Crippen LogP contribution in [0.2, 0.25) is 0 Å². The van der Waals surface area contributed by atoms with Gasteiger partial charge in [0.15, 0.2) is 5.82 Å². The highest BCUT2D eigenvalue weighted by Crippen LogP contribution is 2.37. The van der Waals surface area contributed by atoms with Crippen LogP contribution in [-0.4, -0.2) is 36.1 Å². The smallest absolute Gasteiger partial charge is 0.229 e. The van der Waals surface area contributed by atoms with Gasteiger partial charge in [-0.05, 0) is 61.9 Å². The Labute approximate surface area is 181 Å². The zero-order valence-electron chi connectivity index (χ0n) is 17.9. The van der Waals surface area contributed by atoms with Crippen molar-refractivity contribution in [2.24, 2.45) is 0 Å². The first-order valence-corrected chi connectivity index (χ1v) is 10.2. The van der Waals surface area contributed by atoms with Crippen molar-refractivity contribution in [3.63, 3.8) is 0 Å². The summed E-state index contributed by atoms with van der Waals surface area (Å²) in [6.07, 6.45) is 2.09. The quantitative estimate of drug-likeness (QED) is 0.604. The lowest BCUT2D eigenvalue weighted by atomic mass is 10.2. The minimum Gasteiger partial charge on any atom is -0.497 e. The van der Waals surface area contributed by atoms with Crippen molar-refractivity contribution < 1.29 is 9.53 Å². The number of amides is 1. The van der Waals surface area contributed by atoms with Gasteiger partial charge >= 0.3 is 0 Å². The molecule has 160 valence electrons. The Hall–Kier alpha value is -3.81. The minimum atomic E-state index is 0.0539. The number of carbonyl (C=O) groups excluding carboxylic acids is 1. The Morgan fingerprint density at radius 3 is 2.65 bits per heavy atom. The molecule has 2 heterocycles. The Morgan fingerprint density at radius 1 is 1.19 bits per heavy atom. The Balaban J connectivity index is 1.76. The van der Waals surface area contributed by atoms with E-state index in [1.165, 1.54) is 0 Å². The van der Waals surface area contributed by atoms with E-state index >= 15 is 0 Å². The molecule has 1 amide bonds. The molecule has 0 spiro atoms. The van der Waals surface area contributed by atoms with Gasteiger partial charge in [0.05, 0.1) is 13.3 Å². The molecule has 2 aromatic carbocycles. The summed E-state index contributed by atoms with van der Waals surface area (Å²) in [4.78, 5) is 25.8. The van der Waals surface area contributed by atoms with Gasteiger partial charge in [-0.2, -0.15) is 4.98 Å². The third-order valence-electron chi connectivity index (χ3n) is 5.37. The van der Waals surface area contributed by atoms with Gasteiger partial charge in [-0.1, -0.05) is 0 Å². The monoisotopic (exact) mass is 418 g/mol. The fourth-order valence-corrected chi connectivity index (χ4v) is 3.64. The zero-order valence-corrected chi connectivity index (χ0v) is 17.9. The van der Waals surface area contributed by atoms with Gasteiger partial charge in [-0.3, -0.25) is 4.79 Å². The fraction of sp³-hybridized carbons (Fsp3) is 0.261. The number of aromatic nitrogens is 2. The molecule has 0 radical (unpaired) electrons. The van der Waals surface area contributed by atoms with Crippen molar-refractivity contribution in [3.05, 3.63) is 54.2 Å². The summed E-state index contributed by atoms with van der Waals surface area (Å²) >= 11 is 0. The van der Waals surface area contributed by atoms with Crippen LogP contribution in [0.5, 0.6) is 5.75 Å². The Kier molecular flexibility index (Phi) is 5.62. The summed E-state index contributed by atoms with van der Waals surface area (Å²) in [5, 5.41) is 3.25. The first-order chi connectivity index (χ1) is 15.0. The molecule has 1 aliphatic rings. The van der Waals surface area contributed by atoms with Gasteiger partial charge in [0.1, 0.15) is 11.4 Å². The zero-order chi connectivity index (χ0) is 22.0. The highest BCUT2D eigenvalue weighted by molar-refractivity contribution is 5.98. The fourth-order valence-electron chi connectivity index (χ4n) is 3.64. The number of carbonyl (C=O) groups is 1. The first kappa shape index (κ1) is 20.5. The second kappa shape index (κ2) is 8.51. The molecule has 4 rings (SSSR count). The SMILES string of the molecule is CCN1C(=O)CCN(c2ccc(OC)cc2)c2nc(Nc3ccc(N)c(C)c3)ncc21. The number of hydrogen-bond donors (Lipinski definition) is 2. The van der Waals surface area contributed by atoms with Gasteiger partial charge in [0.2, 0.25) is 11.9 Å². The number of rotatable bonds is 5. The van der Waals surface area contributed by atoms with E-state index in [2.05, 4.69) is 10.3 Å². The van der Waals surface area contributed by atoms with Crippen LogP contribution >= 0.6 is 0 Å². The number of nitrogen functional groups attached to an aromatic ring is 1. The van der Waals surface area contributed by atoms with E-state index in [1.54, 1.807) is 18.2 Å².